The van der Waals surface area contributed by atoms with Gasteiger partial charge in [-0.1, -0.05) is 19.8 Å². The van der Waals surface area contributed by atoms with Gasteiger partial charge in [0.1, 0.15) is 0 Å². The van der Waals surface area contributed by atoms with E-state index in [1.807, 2.05) is 0 Å². The lowest BCUT2D eigenvalue weighted by atomic mass is 10.1. The Kier molecular flexibility index (Phi) is 7.04. The van der Waals surface area contributed by atoms with E-state index in [4.69, 9.17) is 5.73 Å². The molecule has 0 aliphatic rings. The SMILES string of the molecule is CCCC[C@@H](N)c1cc(C)c(Br)s1.Cl. The summed E-state index contributed by atoms with van der Waals surface area (Å²) in [5.74, 6) is 0. The summed E-state index contributed by atoms with van der Waals surface area (Å²) in [6.07, 6.45) is 3.54. The van der Waals surface area contributed by atoms with Crippen molar-refractivity contribution in [3.63, 3.8) is 0 Å². The summed E-state index contributed by atoms with van der Waals surface area (Å²) in [7, 11) is 0. The zero-order valence-corrected chi connectivity index (χ0v) is 11.8. The van der Waals surface area contributed by atoms with Crippen molar-refractivity contribution in [2.45, 2.75) is 39.2 Å². The Hall–Kier alpha value is 0.430. The molecule has 4 heteroatoms. The first-order chi connectivity index (χ1) is 6.15. The van der Waals surface area contributed by atoms with Crippen LogP contribution in [0.4, 0.5) is 0 Å². The van der Waals surface area contributed by atoms with Crippen molar-refractivity contribution in [3.05, 3.63) is 20.3 Å². The maximum absolute atomic E-state index is 6.05. The lowest BCUT2D eigenvalue weighted by Gasteiger charge is -2.07. The lowest BCUT2D eigenvalue weighted by Crippen LogP contribution is -2.07. The average molecular weight is 299 g/mol. The van der Waals surface area contributed by atoms with E-state index in [1.165, 1.54) is 27.1 Å². The van der Waals surface area contributed by atoms with Crippen LogP contribution in [0.2, 0.25) is 0 Å². The topological polar surface area (TPSA) is 26.0 Å². The van der Waals surface area contributed by atoms with Crippen LogP contribution >= 0.6 is 39.7 Å². The molecule has 0 aliphatic carbocycles. The van der Waals surface area contributed by atoms with Gasteiger partial charge in [-0.05, 0) is 40.9 Å². The van der Waals surface area contributed by atoms with E-state index in [-0.39, 0.29) is 18.4 Å². The van der Waals surface area contributed by atoms with Crippen molar-refractivity contribution in [3.8, 4) is 0 Å². The summed E-state index contributed by atoms with van der Waals surface area (Å²) in [5.41, 5.74) is 7.35. The third kappa shape index (κ3) is 3.89. The monoisotopic (exact) mass is 297 g/mol. The number of nitrogens with two attached hydrogens (primary N) is 1. The van der Waals surface area contributed by atoms with Crippen LogP contribution in [0, 0.1) is 6.92 Å². The fourth-order valence-corrected chi connectivity index (χ4v) is 2.84. The molecule has 1 rings (SSSR count). The van der Waals surface area contributed by atoms with Crippen molar-refractivity contribution >= 4 is 39.7 Å². The molecule has 82 valence electrons. The highest BCUT2D eigenvalue weighted by molar-refractivity contribution is 9.11. The number of hydrogen-bond acceptors (Lipinski definition) is 2. The Morgan fingerprint density at radius 2 is 2.21 bits per heavy atom. The second-order valence-electron chi connectivity index (χ2n) is 3.35. The van der Waals surface area contributed by atoms with Crippen LogP contribution in [0.5, 0.6) is 0 Å². The number of thiophene rings is 1. The normalized spacial score (nSPS) is 12.3. The lowest BCUT2D eigenvalue weighted by molar-refractivity contribution is 0.611. The van der Waals surface area contributed by atoms with Crippen molar-refractivity contribution < 1.29 is 0 Å². The van der Waals surface area contributed by atoms with Crippen molar-refractivity contribution in [2.24, 2.45) is 5.73 Å². The van der Waals surface area contributed by atoms with Crippen molar-refractivity contribution in [1.29, 1.82) is 0 Å². The molecule has 0 amide bonds. The molecule has 1 heterocycles. The molecule has 14 heavy (non-hydrogen) atoms. The van der Waals surface area contributed by atoms with Crippen LogP contribution in [-0.4, -0.2) is 0 Å². The third-order valence-corrected chi connectivity index (χ3v) is 4.38. The molecule has 0 saturated carbocycles. The first-order valence-electron chi connectivity index (χ1n) is 4.66. The van der Waals surface area contributed by atoms with Crippen molar-refractivity contribution in [1.82, 2.24) is 0 Å². The molecular weight excluding hydrogens is 282 g/mol. The van der Waals surface area contributed by atoms with Gasteiger partial charge in [-0.3, -0.25) is 0 Å². The van der Waals surface area contributed by atoms with Crippen LogP contribution in [-0.2, 0) is 0 Å². The van der Waals surface area contributed by atoms with E-state index < -0.39 is 0 Å². The maximum Gasteiger partial charge on any atom is 0.0731 e. The fourth-order valence-electron chi connectivity index (χ4n) is 1.23. The molecule has 1 atom stereocenters. The maximum atomic E-state index is 6.05. The quantitative estimate of drug-likeness (QED) is 0.874. The largest absolute Gasteiger partial charge is 0.323 e. The Labute approximate surface area is 105 Å². The van der Waals surface area contributed by atoms with E-state index in [9.17, 15) is 0 Å². The fraction of sp³-hybridized carbons (Fsp3) is 0.600. The number of unbranched alkanes of at least 4 members (excludes halogenated alkanes) is 1. The molecule has 1 aromatic heterocycles. The number of aryl methyl sites for hydroxylation is 1. The van der Waals surface area contributed by atoms with Gasteiger partial charge in [-0.2, -0.15) is 0 Å². The van der Waals surface area contributed by atoms with Gasteiger partial charge in [0.25, 0.3) is 0 Å². The first-order valence-corrected chi connectivity index (χ1v) is 6.27. The van der Waals surface area contributed by atoms with Crippen LogP contribution in [0.15, 0.2) is 9.85 Å². The molecule has 0 fully saturated rings. The van der Waals surface area contributed by atoms with Crippen LogP contribution in [0.25, 0.3) is 0 Å². The number of halogens is 2. The molecule has 0 aliphatic heterocycles. The minimum absolute atomic E-state index is 0. The van der Waals surface area contributed by atoms with Gasteiger partial charge < -0.3 is 5.73 Å². The van der Waals surface area contributed by atoms with E-state index in [2.05, 4.69) is 35.8 Å². The highest BCUT2D eigenvalue weighted by atomic mass is 79.9. The van der Waals surface area contributed by atoms with Crippen LogP contribution in [0.3, 0.4) is 0 Å². The zero-order chi connectivity index (χ0) is 9.84. The molecule has 2 N–H and O–H groups in total. The van der Waals surface area contributed by atoms with E-state index in [1.54, 1.807) is 11.3 Å². The average Bonchev–Trinajstić information content (AvgIpc) is 2.43. The minimum Gasteiger partial charge on any atom is -0.323 e. The highest BCUT2D eigenvalue weighted by Crippen LogP contribution is 2.32. The molecule has 0 saturated heterocycles. The van der Waals surface area contributed by atoms with Gasteiger partial charge in [0.2, 0.25) is 0 Å². The molecule has 0 aromatic carbocycles. The third-order valence-electron chi connectivity index (χ3n) is 2.11. The molecule has 0 bridgehead atoms. The predicted octanol–water partition coefficient (Wildman–Crippen LogP) is 4.43. The van der Waals surface area contributed by atoms with Gasteiger partial charge in [-0.15, -0.1) is 23.7 Å². The van der Waals surface area contributed by atoms with Crippen LogP contribution in [0.1, 0.15) is 42.7 Å². The smallest absolute Gasteiger partial charge is 0.0731 e. The van der Waals surface area contributed by atoms with Gasteiger partial charge in [0.05, 0.1) is 3.79 Å². The minimum atomic E-state index is 0. The van der Waals surface area contributed by atoms with E-state index in [0.29, 0.717) is 0 Å². The Morgan fingerprint density at radius 1 is 1.57 bits per heavy atom. The zero-order valence-electron chi connectivity index (χ0n) is 8.55. The molecule has 0 radical (unpaired) electrons. The molecule has 0 unspecified atom stereocenters. The molecule has 0 spiro atoms. The number of hydrogen-bond donors (Lipinski definition) is 1. The Bertz CT molecular complexity index is 256. The molecule has 1 nitrogen and oxygen atoms in total. The summed E-state index contributed by atoms with van der Waals surface area (Å²) in [6.45, 7) is 4.30. The predicted molar refractivity (Wildman–Crippen MR) is 70.5 cm³/mol. The molecular formula is C10H17BrClNS. The Balaban J connectivity index is 0.00000169. The van der Waals surface area contributed by atoms with E-state index >= 15 is 0 Å². The first kappa shape index (κ1) is 14.4. The van der Waals surface area contributed by atoms with Gasteiger partial charge in [0, 0.05) is 10.9 Å². The second kappa shape index (κ2) is 6.83. The van der Waals surface area contributed by atoms with Crippen LogP contribution < -0.4 is 5.73 Å². The standard InChI is InChI=1S/C10H16BrNS.ClH/c1-3-4-5-8(12)9-6-7(2)10(11)13-9;/h6,8H,3-5,12H2,1-2H3;1H/t8-;/m1./s1. The van der Waals surface area contributed by atoms with E-state index in [0.717, 1.165) is 6.42 Å². The van der Waals surface area contributed by atoms with Gasteiger partial charge in [0.15, 0.2) is 0 Å². The second-order valence-corrected chi connectivity index (χ2v) is 5.76. The number of rotatable bonds is 4. The van der Waals surface area contributed by atoms with Crippen molar-refractivity contribution in [2.75, 3.05) is 0 Å². The van der Waals surface area contributed by atoms with Gasteiger partial charge >= 0.3 is 0 Å². The summed E-state index contributed by atoms with van der Waals surface area (Å²) < 4.78 is 1.22. The summed E-state index contributed by atoms with van der Waals surface area (Å²) >= 11 is 5.28. The summed E-state index contributed by atoms with van der Waals surface area (Å²) in [6, 6.07) is 2.42. The van der Waals surface area contributed by atoms with Gasteiger partial charge in [-0.25, -0.2) is 0 Å². The highest BCUT2D eigenvalue weighted by Gasteiger charge is 2.09. The molecule has 1 aromatic rings. The summed E-state index contributed by atoms with van der Waals surface area (Å²) in [4.78, 5) is 1.30. The summed E-state index contributed by atoms with van der Waals surface area (Å²) in [5, 5.41) is 0. The Morgan fingerprint density at radius 3 is 2.64 bits per heavy atom.